The third kappa shape index (κ3) is 2.59. The van der Waals surface area contributed by atoms with Gasteiger partial charge in [-0.2, -0.15) is 0 Å². The van der Waals surface area contributed by atoms with E-state index in [1.165, 1.54) is 11.0 Å². The molecule has 1 unspecified atom stereocenters. The number of fused-ring (bicyclic) bond motifs is 1. The van der Waals surface area contributed by atoms with Crippen molar-refractivity contribution >= 4 is 17.4 Å². The fourth-order valence-corrected chi connectivity index (χ4v) is 3.41. The van der Waals surface area contributed by atoms with Crippen LogP contribution < -0.4 is 5.32 Å². The lowest BCUT2D eigenvalue weighted by molar-refractivity contribution is 0.597. The van der Waals surface area contributed by atoms with Crippen LogP contribution >= 0.6 is 11.8 Å². The molecule has 98 valence electrons. The van der Waals surface area contributed by atoms with Gasteiger partial charge in [0.15, 0.2) is 0 Å². The Bertz CT molecular complexity index is 600. The first kappa shape index (κ1) is 12.5. The van der Waals surface area contributed by atoms with Gasteiger partial charge in [0.05, 0.1) is 11.7 Å². The van der Waals surface area contributed by atoms with Crippen LogP contribution in [0, 0.1) is 11.6 Å². The molecule has 1 heterocycles. The van der Waals surface area contributed by atoms with Gasteiger partial charge in [-0.25, -0.2) is 8.78 Å². The van der Waals surface area contributed by atoms with Crippen molar-refractivity contribution in [1.82, 2.24) is 0 Å². The molecule has 4 heteroatoms. The van der Waals surface area contributed by atoms with Crippen LogP contribution in [0.4, 0.5) is 14.5 Å². The smallest absolute Gasteiger partial charge is 0.146 e. The Hall–Kier alpha value is -1.55. The van der Waals surface area contributed by atoms with Gasteiger partial charge in [0.2, 0.25) is 0 Å². The molecule has 2 aromatic rings. The number of nitrogens with one attached hydrogen (secondary N) is 1. The third-order valence-electron chi connectivity index (χ3n) is 3.22. The first-order valence-corrected chi connectivity index (χ1v) is 7.16. The van der Waals surface area contributed by atoms with Gasteiger partial charge < -0.3 is 5.32 Å². The van der Waals surface area contributed by atoms with Gasteiger partial charge >= 0.3 is 0 Å². The van der Waals surface area contributed by atoms with Gasteiger partial charge in [-0.1, -0.05) is 18.2 Å². The van der Waals surface area contributed by atoms with Crippen LogP contribution in [0.5, 0.6) is 0 Å². The van der Waals surface area contributed by atoms with E-state index in [1.807, 2.05) is 18.2 Å². The second kappa shape index (κ2) is 5.21. The van der Waals surface area contributed by atoms with Gasteiger partial charge in [-0.05, 0) is 36.2 Å². The van der Waals surface area contributed by atoms with E-state index in [9.17, 15) is 8.78 Å². The zero-order valence-corrected chi connectivity index (χ0v) is 11.0. The Morgan fingerprint density at radius 2 is 1.95 bits per heavy atom. The molecule has 0 saturated heterocycles. The topological polar surface area (TPSA) is 12.0 Å². The molecule has 1 N–H and O–H groups in total. The molecule has 0 radical (unpaired) electrons. The maximum absolute atomic E-state index is 13.7. The lowest BCUT2D eigenvalue weighted by Crippen LogP contribution is -2.16. The molecule has 0 fully saturated rings. The summed E-state index contributed by atoms with van der Waals surface area (Å²) in [7, 11) is 0. The van der Waals surface area contributed by atoms with Gasteiger partial charge in [0.1, 0.15) is 11.6 Å². The highest BCUT2D eigenvalue weighted by atomic mass is 32.2. The second-order valence-corrected chi connectivity index (χ2v) is 5.63. The van der Waals surface area contributed by atoms with E-state index in [2.05, 4.69) is 11.4 Å². The van der Waals surface area contributed by atoms with E-state index >= 15 is 0 Å². The normalized spacial score (nSPS) is 17.9. The molecular weight excluding hydrogens is 264 g/mol. The molecule has 1 aliphatic rings. The van der Waals surface area contributed by atoms with Crippen molar-refractivity contribution in [3.8, 4) is 0 Å². The molecule has 0 spiro atoms. The predicted octanol–water partition coefficient (Wildman–Crippen LogP) is 4.61. The van der Waals surface area contributed by atoms with Gasteiger partial charge in [-0.3, -0.25) is 0 Å². The SMILES string of the molecule is Fc1ccc(F)c(NC2CCSc3ccccc32)c1. The Morgan fingerprint density at radius 3 is 2.84 bits per heavy atom. The summed E-state index contributed by atoms with van der Waals surface area (Å²) in [5.74, 6) is 0.130. The number of thioether (sulfide) groups is 1. The number of hydrogen-bond donors (Lipinski definition) is 1. The minimum atomic E-state index is -0.428. The largest absolute Gasteiger partial charge is 0.376 e. The highest BCUT2D eigenvalue weighted by Crippen LogP contribution is 2.38. The molecule has 3 rings (SSSR count). The quantitative estimate of drug-likeness (QED) is 0.860. The Balaban J connectivity index is 1.90. The van der Waals surface area contributed by atoms with Gasteiger partial charge in [0, 0.05) is 10.6 Å². The van der Waals surface area contributed by atoms with Crippen molar-refractivity contribution in [2.24, 2.45) is 0 Å². The van der Waals surface area contributed by atoms with E-state index < -0.39 is 11.6 Å². The Morgan fingerprint density at radius 1 is 1.11 bits per heavy atom. The van der Waals surface area contributed by atoms with E-state index in [0.29, 0.717) is 0 Å². The molecule has 1 atom stereocenters. The molecular formula is C15H13F2NS. The van der Waals surface area contributed by atoms with Crippen molar-refractivity contribution in [1.29, 1.82) is 0 Å². The summed E-state index contributed by atoms with van der Waals surface area (Å²) in [6.45, 7) is 0. The summed E-state index contributed by atoms with van der Waals surface area (Å²) in [6, 6.07) is 11.6. The first-order valence-electron chi connectivity index (χ1n) is 6.17. The molecule has 0 bridgehead atoms. The Labute approximate surface area is 115 Å². The van der Waals surface area contributed by atoms with Crippen LogP contribution in [0.15, 0.2) is 47.4 Å². The summed E-state index contributed by atoms with van der Waals surface area (Å²) in [4.78, 5) is 1.21. The third-order valence-corrected chi connectivity index (χ3v) is 4.34. The van der Waals surface area contributed by atoms with Gasteiger partial charge in [0.25, 0.3) is 0 Å². The lowest BCUT2D eigenvalue weighted by Gasteiger charge is -2.26. The molecule has 0 amide bonds. The van der Waals surface area contributed by atoms with E-state index in [1.54, 1.807) is 11.8 Å². The molecule has 0 aromatic heterocycles. The van der Waals surface area contributed by atoms with Crippen molar-refractivity contribution in [3.63, 3.8) is 0 Å². The highest BCUT2D eigenvalue weighted by Gasteiger charge is 2.21. The number of hydrogen-bond acceptors (Lipinski definition) is 2. The molecule has 1 nitrogen and oxygen atoms in total. The predicted molar refractivity (Wildman–Crippen MR) is 74.5 cm³/mol. The number of benzene rings is 2. The minimum absolute atomic E-state index is 0.0359. The summed E-state index contributed by atoms with van der Waals surface area (Å²) in [6.07, 6.45) is 0.900. The maximum Gasteiger partial charge on any atom is 0.146 e. The van der Waals surface area contributed by atoms with E-state index in [4.69, 9.17) is 0 Å². The molecule has 0 aliphatic carbocycles. The minimum Gasteiger partial charge on any atom is -0.376 e. The number of halogens is 2. The van der Waals surface area contributed by atoms with Gasteiger partial charge in [-0.15, -0.1) is 11.8 Å². The summed E-state index contributed by atoms with van der Waals surface area (Å²) in [5, 5.41) is 3.12. The van der Waals surface area contributed by atoms with Crippen LogP contribution in [0.25, 0.3) is 0 Å². The van der Waals surface area contributed by atoms with Crippen LogP contribution in [0.3, 0.4) is 0 Å². The summed E-state index contributed by atoms with van der Waals surface area (Å²) in [5.41, 5.74) is 1.38. The average Bonchev–Trinajstić information content (AvgIpc) is 2.43. The second-order valence-electron chi connectivity index (χ2n) is 4.50. The summed E-state index contributed by atoms with van der Waals surface area (Å²) >= 11 is 1.80. The van der Waals surface area contributed by atoms with E-state index in [0.717, 1.165) is 29.9 Å². The lowest BCUT2D eigenvalue weighted by atomic mass is 10.0. The number of anilines is 1. The van der Waals surface area contributed by atoms with Crippen molar-refractivity contribution < 1.29 is 8.78 Å². The monoisotopic (exact) mass is 277 g/mol. The maximum atomic E-state index is 13.7. The van der Waals surface area contributed by atoms with Crippen molar-refractivity contribution in [2.75, 3.05) is 11.1 Å². The zero-order valence-electron chi connectivity index (χ0n) is 10.2. The standard InChI is InChI=1S/C15H13F2NS/c16-10-5-6-12(17)14(9-10)18-13-7-8-19-15-4-2-1-3-11(13)15/h1-6,9,13,18H,7-8H2. The summed E-state index contributed by atoms with van der Waals surface area (Å²) < 4.78 is 26.9. The fraction of sp³-hybridized carbons (Fsp3) is 0.200. The highest BCUT2D eigenvalue weighted by molar-refractivity contribution is 7.99. The van der Waals surface area contributed by atoms with Crippen LogP contribution in [0.2, 0.25) is 0 Å². The molecule has 0 saturated carbocycles. The van der Waals surface area contributed by atoms with Crippen molar-refractivity contribution in [3.05, 3.63) is 59.7 Å². The van der Waals surface area contributed by atoms with Crippen LogP contribution in [-0.4, -0.2) is 5.75 Å². The zero-order chi connectivity index (χ0) is 13.2. The fourth-order valence-electron chi connectivity index (χ4n) is 2.29. The Kier molecular flexibility index (Phi) is 3.42. The van der Waals surface area contributed by atoms with E-state index in [-0.39, 0.29) is 11.7 Å². The molecule has 1 aliphatic heterocycles. The van der Waals surface area contributed by atoms with Crippen LogP contribution in [0.1, 0.15) is 18.0 Å². The number of rotatable bonds is 2. The van der Waals surface area contributed by atoms with Crippen molar-refractivity contribution in [2.45, 2.75) is 17.4 Å². The molecule has 2 aromatic carbocycles. The first-order chi connectivity index (χ1) is 9.24. The molecule has 19 heavy (non-hydrogen) atoms. The van der Waals surface area contributed by atoms with Crippen LogP contribution in [-0.2, 0) is 0 Å². The average molecular weight is 277 g/mol.